The first-order valence-corrected chi connectivity index (χ1v) is 21.5. The fourth-order valence-corrected chi connectivity index (χ4v) is 28.4. The van der Waals surface area contributed by atoms with Crippen LogP contribution in [0.25, 0.3) is 21.5 Å². The largest absolute Gasteiger partial charge is 0.155 e. The first-order valence-electron chi connectivity index (χ1n) is 16.5. The van der Waals surface area contributed by atoms with Gasteiger partial charge in [0.1, 0.15) is 0 Å². The van der Waals surface area contributed by atoms with Gasteiger partial charge in [-0.25, -0.2) is 0 Å². The molecular weight excluding hydrogens is 597 g/mol. The minimum atomic E-state index is -3.09. The van der Waals surface area contributed by atoms with E-state index in [0.717, 1.165) is 0 Å². The van der Waals surface area contributed by atoms with Crippen LogP contribution < -0.4 is 31.1 Å². The molecule has 224 valence electrons. The van der Waals surface area contributed by atoms with E-state index in [1.807, 2.05) is 0 Å². The second kappa shape index (κ2) is 12.1. The highest BCUT2D eigenvalue weighted by atomic mass is 29.3. The molecule has 0 unspecified atom stereocenters. The van der Waals surface area contributed by atoms with Crippen LogP contribution in [0.2, 0.25) is 0 Å². The summed E-state index contributed by atoms with van der Waals surface area (Å²) >= 11 is 0. The molecule has 0 amide bonds. The number of benzene rings is 8. The van der Waals surface area contributed by atoms with Crippen molar-refractivity contribution in [2.75, 3.05) is 0 Å². The molecule has 0 radical (unpaired) electrons. The van der Waals surface area contributed by atoms with Crippen molar-refractivity contribution in [1.82, 2.24) is 0 Å². The van der Waals surface area contributed by atoms with E-state index in [4.69, 9.17) is 0 Å². The number of hydrogen-bond donors (Lipinski definition) is 0. The molecule has 0 spiro atoms. The van der Waals surface area contributed by atoms with Gasteiger partial charge in [-0.05, 0) is 44.4 Å². The molecule has 0 aliphatic heterocycles. The summed E-state index contributed by atoms with van der Waals surface area (Å²) in [5.74, 6) is 0. The van der Waals surface area contributed by atoms with Crippen molar-refractivity contribution in [1.29, 1.82) is 0 Å². The summed E-state index contributed by atoms with van der Waals surface area (Å²) in [5, 5.41) is 14.0. The lowest BCUT2D eigenvalue weighted by Gasteiger charge is -2.51. The monoisotopic (exact) mass is 632 g/mol. The average molecular weight is 633 g/mol. The molecule has 8 aromatic rings. The van der Waals surface area contributed by atoms with Gasteiger partial charge < -0.3 is 0 Å². The Balaban J connectivity index is 1.74. The maximum absolute atomic E-state index is 3.09. The second-order valence-electron chi connectivity index (χ2n) is 12.5. The van der Waals surface area contributed by atoms with Gasteiger partial charge in [0, 0.05) is 0 Å². The quantitative estimate of drug-likeness (QED) is 0.131. The van der Waals surface area contributed by atoms with Crippen LogP contribution in [0.1, 0.15) is 5.56 Å². The maximum atomic E-state index is 2.50. The molecule has 0 aliphatic carbocycles. The van der Waals surface area contributed by atoms with Gasteiger partial charge in [-0.3, -0.25) is 0 Å². The van der Waals surface area contributed by atoms with E-state index in [9.17, 15) is 0 Å². The SMILES string of the molecule is Cc1ccc([Si](c2ccccc2)(c2ccccc2)[Si](c2ccccc2)(c2ccccc2)c2cccc3ccccc23)c2ccccc12. The third-order valence-corrected chi connectivity index (χ3v) is 27.0. The Morgan fingerprint density at radius 1 is 0.277 bits per heavy atom. The van der Waals surface area contributed by atoms with Gasteiger partial charge in [0.15, 0.2) is 15.2 Å². The summed E-state index contributed by atoms with van der Waals surface area (Å²) in [5.41, 5.74) is 1.31. The Hall–Kier alpha value is -5.29. The van der Waals surface area contributed by atoms with Gasteiger partial charge in [-0.15, -0.1) is 0 Å². The van der Waals surface area contributed by atoms with E-state index in [1.165, 1.54) is 58.2 Å². The fraction of sp³-hybridized carbons (Fsp3) is 0.0222. The van der Waals surface area contributed by atoms with Crippen LogP contribution in [0.5, 0.6) is 0 Å². The Morgan fingerprint density at radius 3 is 1.13 bits per heavy atom. The van der Waals surface area contributed by atoms with Gasteiger partial charge in [0.2, 0.25) is 0 Å². The summed E-state index contributed by atoms with van der Waals surface area (Å²) in [6.45, 7) is 2.25. The van der Waals surface area contributed by atoms with Gasteiger partial charge >= 0.3 is 0 Å². The molecular formula is C45H36Si2. The maximum Gasteiger partial charge on any atom is 0.155 e. The topological polar surface area (TPSA) is 0 Å². The molecule has 2 heteroatoms. The summed E-state index contributed by atoms with van der Waals surface area (Å²) in [6.07, 6.45) is 0. The van der Waals surface area contributed by atoms with E-state index in [2.05, 4.69) is 207 Å². The lowest BCUT2D eigenvalue weighted by Crippen LogP contribution is -2.94. The number of fused-ring (bicyclic) bond motifs is 2. The van der Waals surface area contributed by atoms with Crippen molar-refractivity contribution in [3.05, 3.63) is 206 Å². The van der Waals surface area contributed by atoms with Gasteiger partial charge in [-0.1, -0.05) is 221 Å². The zero-order valence-corrected chi connectivity index (χ0v) is 28.6. The molecule has 0 saturated heterocycles. The molecule has 0 aliphatic rings. The summed E-state index contributed by atoms with van der Waals surface area (Å²) < 4.78 is 0. The van der Waals surface area contributed by atoms with Crippen LogP contribution >= 0.6 is 0 Å². The highest BCUT2D eigenvalue weighted by Gasteiger charge is 2.62. The van der Waals surface area contributed by atoms with E-state index >= 15 is 0 Å². The van der Waals surface area contributed by atoms with Crippen molar-refractivity contribution in [2.24, 2.45) is 0 Å². The van der Waals surface area contributed by atoms with Crippen LogP contribution in [0, 0.1) is 6.92 Å². The van der Waals surface area contributed by atoms with Crippen molar-refractivity contribution in [2.45, 2.75) is 6.92 Å². The van der Waals surface area contributed by atoms with E-state index in [-0.39, 0.29) is 0 Å². The Morgan fingerprint density at radius 2 is 0.638 bits per heavy atom. The summed E-state index contributed by atoms with van der Waals surface area (Å²) in [7, 11) is -6.18. The van der Waals surface area contributed by atoms with Crippen molar-refractivity contribution in [3.63, 3.8) is 0 Å². The number of aryl methyl sites for hydroxylation is 1. The zero-order chi connectivity index (χ0) is 31.7. The Labute approximate surface area is 279 Å². The second-order valence-corrected chi connectivity index (χ2v) is 23.4. The minimum Gasteiger partial charge on any atom is -0.0624 e. The third kappa shape index (κ3) is 4.48. The number of hydrogen-bond acceptors (Lipinski definition) is 0. The van der Waals surface area contributed by atoms with Gasteiger partial charge in [0.05, 0.1) is 0 Å². The molecule has 47 heavy (non-hydrogen) atoms. The predicted molar refractivity (Wildman–Crippen MR) is 208 cm³/mol. The van der Waals surface area contributed by atoms with E-state index in [1.54, 1.807) is 0 Å². The number of rotatable bonds is 7. The minimum absolute atomic E-state index is 1.28. The smallest absolute Gasteiger partial charge is 0.0624 e. The lowest BCUT2D eigenvalue weighted by atomic mass is 10.1. The molecule has 0 fully saturated rings. The zero-order valence-electron chi connectivity index (χ0n) is 26.6. The summed E-state index contributed by atoms with van der Waals surface area (Å²) in [4.78, 5) is 0. The third-order valence-electron chi connectivity index (χ3n) is 10.1. The van der Waals surface area contributed by atoms with Crippen LogP contribution in [0.4, 0.5) is 0 Å². The first-order chi connectivity index (χ1) is 23.3. The molecule has 8 rings (SSSR count). The van der Waals surface area contributed by atoms with Crippen molar-refractivity contribution in [3.8, 4) is 0 Å². The lowest BCUT2D eigenvalue weighted by molar-refractivity contribution is 1.54. The molecule has 0 atom stereocenters. The Bertz CT molecular complexity index is 2210. The standard InChI is InChI=1S/C45H36Si2/c1-35-33-34-45(43-31-17-16-29-41(35)43)47(39-25-10-4-11-26-39,40-27-12-5-13-28-40)46(37-21-6-2-7-22-37,38-23-8-3-9-24-38)44-32-18-20-36-19-14-15-30-42(36)44/h2-34H,1H3. The summed E-state index contributed by atoms with van der Waals surface area (Å²) in [6, 6.07) is 76.3. The molecule has 8 aromatic carbocycles. The molecule has 0 heterocycles. The van der Waals surface area contributed by atoms with Crippen LogP contribution in [0.3, 0.4) is 0 Å². The molecule has 0 bridgehead atoms. The van der Waals surface area contributed by atoms with Crippen molar-refractivity contribution >= 4 is 67.8 Å². The average Bonchev–Trinajstić information content (AvgIpc) is 3.16. The molecule has 0 aromatic heterocycles. The van der Waals surface area contributed by atoms with Crippen LogP contribution in [-0.2, 0) is 0 Å². The van der Waals surface area contributed by atoms with Crippen molar-refractivity contribution < 1.29 is 0 Å². The van der Waals surface area contributed by atoms with E-state index in [0.29, 0.717) is 0 Å². The first kappa shape index (κ1) is 29.1. The molecule has 0 nitrogen and oxygen atoms in total. The molecule has 0 N–H and O–H groups in total. The fourth-order valence-electron chi connectivity index (χ4n) is 8.31. The van der Waals surface area contributed by atoms with E-state index < -0.39 is 15.2 Å². The Kier molecular flexibility index (Phi) is 7.53. The normalized spacial score (nSPS) is 11.9. The predicted octanol–water partition coefficient (Wildman–Crippen LogP) is 7.02. The highest BCUT2D eigenvalue weighted by molar-refractivity contribution is 7.67. The van der Waals surface area contributed by atoms with Crippen LogP contribution in [-0.4, -0.2) is 15.2 Å². The highest BCUT2D eigenvalue weighted by Crippen LogP contribution is 2.29. The molecule has 0 saturated carbocycles. The van der Waals surface area contributed by atoms with Gasteiger partial charge in [0.25, 0.3) is 0 Å². The van der Waals surface area contributed by atoms with Crippen LogP contribution in [0.15, 0.2) is 200 Å². The van der Waals surface area contributed by atoms with Gasteiger partial charge in [-0.2, -0.15) is 0 Å².